The van der Waals surface area contributed by atoms with Crippen LogP contribution in [0.5, 0.6) is 0 Å². The van der Waals surface area contributed by atoms with E-state index in [-0.39, 0.29) is 23.7 Å². The van der Waals surface area contributed by atoms with Crippen LogP contribution in [-0.2, 0) is 16.1 Å². The summed E-state index contributed by atoms with van der Waals surface area (Å²) < 4.78 is 0. The van der Waals surface area contributed by atoms with Gasteiger partial charge in [-0.25, -0.2) is 0 Å². The van der Waals surface area contributed by atoms with Crippen LogP contribution in [0.25, 0.3) is 0 Å². The van der Waals surface area contributed by atoms with Gasteiger partial charge in [0.25, 0.3) is 0 Å². The molecule has 3 rings (SSSR count). The van der Waals surface area contributed by atoms with Gasteiger partial charge in [-0.2, -0.15) is 0 Å². The molecule has 2 N–H and O–H groups in total. The van der Waals surface area contributed by atoms with E-state index in [1.807, 2.05) is 36.4 Å². The molecule has 6 heteroatoms. The third kappa shape index (κ3) is 4.84. The van der Waals surface area contributed by atoms with Crippen molar-refractivity contribution in [2.75, 3.05) is 23.3 Å². The van der Waals surface area contributed by atoms with Gasteiger partial charge in [0, 0.05) is 43.4 Å². The summed E-state index contributed by atoms with van der Waals surface area (Å²) in [6.45, 7) is 6.56. The average Bonchev–Trinajstić information content (AvgIpc) is 3.50. The molecule has 1 aliphatic carbocycles. The maximum Gasteiger partial charge on any atom is 0.228 e. The van der Waals surface area contributed by atoms with E-state index in [4.69, 9.17) is 0 Å². The minimum Gasteiger partial charge on any atom is -0.372 e. The highest BCUT2D eigenvalue weighted by molar-refractivity contribution is 5.99. The Balaban J connectivity index is 1.47. The Labute approximate surface area is 160 Å². The van der Waals surface area contributed by atoms with Crippen LogP contribution >= 0.6 is 0 Å². The average molecular weight is 366 g/mol. The summed E-state index contributed by atoms with van der Waals surface area (Å²) >= 11 is 0. The smallest absolute Gasteiger partial charge is 0.228 e. The van der Waals surface area contributed by atoms with Gasteiger partial charge in [0.2, 0.25) is 11.8 Å². The molecule has 1 aliphatic rings. The van der Waals surface area contributed by atoms with Gasteiger partial charge >= 0.3 is 0 Å². The first-order chi connectivity index (χ1) is 13.1. The molecule has 1 heterocycles. The summed E-state index contributed by atoms with van der Waals surface area (Å²) in [4.78, 5) is 30.9. The quantitative estimate of drug-likeness (QED) is 0.753. The molecule has 6 nitrogen and oxygen atoms in total. The maximum atomic E-state index is 12.4. The van der Waals surface area contributed by atoms with E-state index in [1.54, 1.807) is 12.4 Å². The van der Waals surface area contributed by atoms with Crippen molar-refractivity contribution in [2.24, 2.45) is 11.8 Å². The van der Waals surface area contributed by atoms with E-state index in [0.29, 0.717) is 13.0 Å². The number of hydrogen-bond donors (Lipinski definition) is 2. The number of benzene rings is 1. The second-order valence-corrected chi connectivity index (χ2v) is 6.74. The largest absolute Gasteiger partial charge is 0.372 e. The van der Waals surface area contributed by atoms with Gasteiger partial charge < -0.3 is 15.5 Å². The van der Waals surface area contributed by atoms with Crippen molar-refractivity contribution in [3.8, 4) is 0 Å². The second-order valence-electron chi connectivity index (χ2n) is 6.74. The molecule has 2 aromatic rings. The zero-order chi connectivity index (χ0) is 19.2. The van der Waals surface area contributed by atoms with Gasteiger partial charge in [0.05, 0.1) is 11.8 Å². The van der Waals surface area contributed by atoms with Gasteiger partial charge in [-0.1, -0.05) is 6.07 Å². The van der Waals surface area contributed by atoms with Crippen LogP contribution in [-0.4, -0.2) is 29.9 Å². The molecule has 0 aliphatic heterocycles. The Kier molecular flexibility index (Phi) is 6.06. The summed E-state index contributed by atoms with van der Waals surface area (Å²) in [6, 6.07) is 11.6. The van der Waals surface area contributed by atoms with E-state index in [0.717, 1.165) is 30.0 Å². The highest BCUT2D eigenvalue weighted by atomic mass is 16.2. The van der Waals surface area contributed by atoms with Crippen LogP contribution in [0.1, 0.15) is 25.8 Å². The van der Waals surface area contributed by atoms with Crippen molar-refractivity contribution in [1.82, 2.24) is 10.3 Å². The molecule has 1 aromatic carbocycles. The Morgan fingerprint density at radius 1 is 1.07 bits per heavy atom. The van der Waals surface area contributed by atoms with E-state index in [9.17, 15) is 9.59 Å². The van der Waals surface area contributed by atoms with E-state index < -0.39 is 0 Å². The summed E-state index contributed by atoms with van der Waals surface area (Å²) in [7, 11) is 0. The molecule has 1 fully saturated rings. The first-order valence-corrected chi connectivity index (χ1v) is 9.44. The van der Waals surface area contributed by atoms with Crippen molar-refractivity contribution in [2.45, 2.75) is 26.8 Å². The van der Waals surface area contributed by atoms with Gasteiger partial charge in [-0.15, -0.1) is 0 Å². The number of aromatic nitrogens is 1. The molecule has 0 saturated heterocycles. The summed E-state index contributed by atoms with van der Waals surface area (Å²) in [5.74, 6) is -0.652. The monoisotopic (exact) mass is 366 g/mol. The third-order valence-electron chi connectivity index (χ3n) is 4.92. The fourth-order valence-electron chi connectivity index (χ4n) is 3.18. The van der Waals surface area contributed by atoms with Crippen LogP contribution < -0.4 is 15.5 Å². The molecule has 1 aromatic heterocycles. The topological polar surface area (TPSA) is 74.3 Å². The SMILES string of the molecule is CCN(CC)c1ccc(NC(=O)C2CC2C(=O)NCc2cccnc2)cc1. The van der Waals surface area contributed by atoms with Crippen molar-refractivity contribution in [1.29, 1.82) is 0 Å². The lowest BCUT2D eigenvalue weighted by Crippen LogP contribution is -2.27. The Bertz CT molecular complexity index is 773. The van der Waals surface area contributed by atoms with Crippen LogP contribution in [0.3, 0.4) is 0 Å². The number of nitrogens with one attached hydrogen (secondary N) is 2. The second kappa shape index (κ2) is 8.66. The molecule has 0 bridgehead atoms. The fourth-order valence-corrected chi connectivity index (χ4v) is 3.18. The standard InChI is InChI=1S/C21H26N4O2/c1-3-25(4-2)17-9-7-16(8-10-17)24-21(27)19-12-18(19)20(26)23-14-15-6-5-11-22-13-15/h5-11,13,18-19H,3-4,12,14H2,1-2H3,(H,23,26)(H,24,27). The molecule has 27 heavy (non-hydrogen) atoms. The molecule has 2 atom stereocenters. The van der Waals surface area contributed by atoms with E-state index in [2.05, 4.69) is 34.4 Å². The Morgan fingerprint density at radius 2 is 1.78 bits per heavy atom. The summed E-state index contributed by atoms with van der Waals surface area (Å²) in [6.07, 6.45) is 4.02. The van der Waals surface area contributed by atoms with E-state index in [1.165, 1.54) is 0 Å². The molecule has 2 amide bonds. The van der Waals surface area contributed by atoms with Crippen molar-refractivity contribution in [3.05, 3.63) is 54.4 Å². The molecular formula is C21H26N4O2. The van der Waals surface area contributed by atoms with Crippen LogP contribution in [0, 0.1) is 11.8 Å². The first kappa shape index (κ1) is 18.9. The van der Waals surface area contributed by atoms with Crippen LogP contribution in [0.2, 0.25) is 0 Å². The number of anilines is 2. The van der Waals surface area contributed by atoms with Crippen molar-refractivity contribution >= 4 is 23.2 Å². The number of carbonyl (C=O) groups excluding carboxylic acids is 2. The number of amides is 2. The van der Waals surface area contributed by atoms with Crippen molar-refractivity contribution in [3.63, 3.8) is 0 Å². The highest BCUT2D eigenvalue weighted by Crippen LogP contribution is 2.39. The normalized spacial score (nSPS) is 17.9. The molecule has 1 saturated carbocycles. The number of nitrogens with zero attached hydrogens (tertiary/aromatic N) is 2. The molecule has 2 unspecified atom stereocenters. The minimum absolute atomic E-state index is 0.0733. The van der Waals surface area contributed by atoms with Crippen molar-refractivity contribution < 1.29 is 9.59 Å². The maximum absolute atomic E-state index is 12.4. The molecule has 142 valence electrons. The number of pyridine rings is 1. The van der Waals surface area contributed by atoms with Gasteiger partial charge in [-0.05, 0) is 56.2 Å². The number of rotatable bonds is 8. The number of carbonyl (C=O) groups is 2. The lowest BCUT2D eigenvalue weighted by Gasteiger charge is -2.21. The van der Waals surface area contributed by atoms with Gasteiger partial charge in [-0.3, -0.25) is 14.6 Å². The van der Waals surface area contributed by atoms with Crippen LogP contribution in [0.4, 0.5) is 11.4 Å². The first-order valence-electron chi connectivity index (χ1n) is 9.44. The molecule has 0 radical (unpaired) electrons. The third-order valence-corrected chi connectivity index (χ3v) is 4.92. The van der Waals surface area contributed by atoms with E-state index >= 15 is 0 Å². The van der Waals surface area contributed by atoms with Gasteiger partial charge in [0.1, 0.15) is 0 Å². The predicted octanol–water partition coefficient (Wildman–Crippen LogP) is 2.82. The molecule has 0 spiro atoms. The Hall–Kier alpha value is -2.89. The predicted molar refractivity (Wildman–Crippen MR) is 106 cm³/mol. The lowest BCUT2D eigenvalue weighted by molar-refractivity contribution is -0.125. The zero-order valence-corrected chi connectivity index (χ0v) is 15.8. The molecular weight excluding hydrogens is 340 g/mol. The zero-order valence-electron chi connectivity index (χ0n) is 15.8. The highest BCUT2D eigenvalue weighted by Gasteiger charge is 2.47. The number of hydrogen-bond acceptors (Lipinski definition) is 4. The fraction of sp³-hybridized carbons (Fsp3) is 0.381. The Morgan fingerprint density at radius 3 is 2.41 bits per heavy atom. The van der Waals surface area contributed by atoms with Gasteiger partial charge in [0.15, 0.2) is 0 Å². The summed E-state index contributed by atoms with van der Waals surface area (Å²) in [5.41, 5.74) is 2.84. The summed E-state index contributed by atoms with van der Waals surface area (Å²) in [5, 5.41) is 5.80. The minimum atomic E-state index is -0.249. The van der Waals surface area contributed by atoms with Crippen LogP contribution in [0.15, 0.2) is 48.8 Å². The lowest BCUT2D eigenvalue weighted by atomic mass is 10.2.